The molecule has 0 aliphatic carbocycles. The zero-order chi connectivity index (χ0) is 20.0. The summed E-state index contributed by atoms with van der Waals surface area (Å²) in [4.78, 5) is 12.5. The Bertz CT molecular complexity index is 930. The Balaban J connectivity index is 2.36. The predicted molar refractivity (Wildman–Crippen MR) is 107 cm³/mol. The summed E-state index contributed by atoms with van der Waals surface area (Å²) < 4.78 is 10.8. The minimum atomic E-state index is -0.505. The van der Waals surface area contributed by atoms with Gasteiger partial charge in [-0.2, -0.15) is 5.26 Å². The molecule has 2 rings (SSSR count). The summed E-state index contributed by atoms with van der Waals surface area (Å²) in [5.41, 5.74) is 3.09. The van der Waals surface area contributed by atoms with Crippen LogP contribution in [0.1, 0.15) is 23.6 Å². The largest absolute Gasteiger partial charge is 0.493 e. The highest BCUT2D eigenvalue weighted by atomic mass is 35.5. The Morgan fingerprint density at radius 1 is 1.26 bits per heavy atom. The highest BCUT2D eigenvalue weighted by molar-refractivity contribution is 6.32. The second-order valence-corrected chi connectivity index (χ2v) is 6.31. The summed E-state index contributed by atoms with van der Waals surface area (Å²) in [6.07, 6.45) is 1.43. The number of benzene rings is 2. The third kappa shape index (κ3) is 5.02. The molecule has 0 saturated carbocycles. The number of halogens is 1. The van der Waals surface area contributed by atoms with Gasteiger partial charge in [-0.05, 0) is 50.1 Å². The molecule has 0 spiro atoms. The number of hydrogen-bond donors (Lipinski definition) is 1. The standard InChI is InChI=1S/C21H21ClN2O3/c1-5-27-20-10-15(17(22)11-19(20)26-4)9-16(12-23)21(25)24-18-7-6-13(2)8-14(18)3/h6-11H,5H2,1-4H3,(H,24,25)/b16-9+. The van der Waals surface area contributed by atoms with Crippen molar-refractivity contribution in [3.8, 4) is 17.6 Å². The second kappa shape index (κ2) is 9.11. The van der Waals surface area contributed by atoms with Crippen LogP contribution in [0.5, 0.6) is 11.5 Å². The molecule has 6 heteroatoms. The van der Waals surface area contributed by atoms with E-state index < -0.39 is 5.91 Å². The van der Waals surface area contributed by atoms with E-state index in [0.717, 1.165) is 11.1 Å². The monoisotopic (exact) mass is 384 g/mol. The molecule has 0 fully saturated rings. The molecule has 0 heterocycles. The van der Waals surface area contributed by atoms with E-state index in [1.54, 1.807) is 12.1 Å². The second-order valence-electron chi connectivity index (χ2n) is 5.90. The average Bonchev–Trinajstić information content (AvgIpc) is 2.64. The number of hydrogen-bond acceptors (Lipinski definition) is 4. The summed E-state index contributed by atoms with van der Waals surface area (Å²) in [6, 6.07) is 10.8. The highest BCUT2D eigenvalue weighted by Crippen LogP contribution is 2.34. The Kier molecular flexibility index (Phi) is 6.86. The number of nitrogens with zero attached hydrogens (tertiary/aromatic N) is 1. The normalized spacial score (nSPS) is 10.9. The number of anilines is 1. The number of nitrogens with one attached hydrogen (secondary N) is 1. The first-order chi connectivity index (χ1) is 12.9. The fourth-order valence-electron chi connectivity index (χ4n) is 2.54. The van der Waals surface area contributed by atoms with E-state index in [-0.39, 0.29) is 5.57 Å². The first kappa shape index (κ1) is 20.3. The van der Waals surface area contributed by atoms with E-state index in [4.69, 9.17) is 21.1 Å². The Morgan fingerprint density at radius 3 is 2.59 bits per heavy atom. The van der Waals surface area contributed by atoms with Crippen molar-refractivity contribution in [1.29, 1.82) is 5.26 Å². The van der Waals surface area contributed by atoms with Gasteiger partial charge in [-0.15, -0.1) is 0 Å². The van der Waals surface area contributed by atoms with Crippen LogP contribution in [0.2, 0.25) is 5.02 Å². The van der Waals surface area contributed by atoms with Crippen LogP contribution >= 0.6 is 11.6 Å². The van der Waals surface area contributed by atoms with Crippen molar-refractivity contribution in [2.45, 2.75) is 20.8 Å². The van der Waals surface area contributed by atoms with Gasteiger partial charge in [-0.3, -0.25) is 4.79 Å². The van der Waals surface area contributed by atoms with E-state index in [9.17, 15) is 10.1 Å². The van der Waals surface area contributed by atoms with Gasteiger partial charge in [0.15, 0.2) is 11.5 Å². The van der Waals surface area contributed by atoms with Crippen molar-refractivity contribution in [2.75, 3.05) is 19.0 Å². The van der Waals surface area contributed by atoms with Crippen molar-refractivity contribution < 1.29 is 14.3 Å². The van der Waals surface area contributed by atoms with Crippen molar-refractivity contribution >= 4 is 29.3 Å². The lowest BCUT2D eigenvalue weighted by Crippen LogP contribution is -2.14. The van der Waals surface area contributed by atoms with Crippen LogP contribution in [0.3, 0.4) is 0 Å². The Morgan fingerprint density at radius 2 is 2.00 bits per heavy atom. The average molecular weight is 385 g/mol. The molecule has 0 aromatic heterocycles. The molecule has 0 atom stereocenters. The molecular weight excluding hydrogens is 364 g/mol. The summed E-state index contributed by atoms with van der Waals surface area (Å²) in [6.45, 7) is 6.16. The van der Waals surface area contributed by atoms with Gasteiger partial charge in [0.2, 0.25) is 0 Å². The zero-order valence-electron chi connectivity index (χ0n) is 15.7. The van der Waals surface area contributed by atoms with Crippen LogP contribution in [-0.2, 0) is 4.79 Å². The van der Waals surface area contributed by atoms with Gasteiger partial charge in [-0.25, -0.2) is 0 Å². The number of carbonyl (C=O) groups is 1. The molecule has 0 bridgehead atoms. The Labute approximate surface area is 164 Å². The minimum absolute atomic E-state index is 0.0653. The van der Waals surface area contributed by atoms with Gasteiger partial charge in [0, 0.05) is 11.8 Å². The minimum Gasteiger partial charge on any atom is -0.493 e. The van der Waals surface area contributed by atoms with E-state index in [1.165, 1.54) is 13.2 Å². The summed E-state index contributed by atoms with van der Waals surface area (Å²) >= 11 is 6.27. The van der Waals surface area contributed by atoms with Crippen LogP contribution in [0, 0.1) is 25.2 Å². The SMILES string of the molecule is CCOc1cc(/C=C(\C#N)C(=O)Nc2ccc(C)cc2C)c(Cl)cc1OC. The molecule has 27 heavy (non-hydrogen) atoms. The molecule has 2 aromatic rings. The van der Waals surface area contributed by atoms with Crippen molar-refractivity contribution in [3.63, 3.8) is 0 Å². The molecule has 0 saturated heterocycles. The van der Waals surface area contributed by atoms with Crippen LogP contribution in [0.15, 0.2) is 35.9 Å². The molecule has 140 valence electrons. The molecule has 0 unspecified atom stereocenters. The van der Waals surface area contributed by atoms with Crippen molar-refractivity contribution in [1.82, 2.24) is 0 Å². The lowest BCUT2D eigenvalue weighted by atomic mass is 10.1. The van der Waals surface area contributed by atoms with Crippen LogP contribution in [-0.4, -0.2) is 19.6 Å². The predicted octanol–water partition coefficient (Wildman–Crippen LogP) is 4.91. The number of ether oxygens (including phenoxy) is 2. The fraction of sp³-hybridized carbons (Fsp3) is 0.238. The topological polar surface area (TPSA) is 71.3 Å². The molecule has 1 amide bonds. The lowest BCUT2D eigenvalue weighted by Gasteiger charge is -2.12. The first-order valence-electron chi connectivity index (χ1n) is 8.40. The quantitative estimate of drug-likeness (QED) is 0.567. The van der Waals surface area contributed by atoms with E-state index in [2.05, 4.69) is 5.32 Å². The first-order valence-corrected chi connectivity index (χ1v) is 8.78. The summed E-state index contributed by atoms with van der Waals surface area (Å²) in [5.74, 6) is 0.467. The van der Waals surface area contributed by atoms with Gasteiger partial charge < -0.3 is 14.8 Å². The number of aryl methyl sites for hydroxylation is 2. The van der Waals surface area contributed by atoms with Gasteiger partial charge in [0.05, 0.1) is 18.7 Å². The van der Waals surface area contributed by atoms with Crippen molar-refractivity contribution in [2.24, 2.45) is 0 Å². The number of methoxy groups -OCH3 is 1. The summed E-state index contributed by atoms with van der Waals surface area (Å²) in [5, 5.41) is 12.5. The maximum absolute atomic E-state index is 12.5. The third-order valence-corrected chi connectivity index (χ3v) is 4.21. The van der Waals surface area contributed by atoms with E-state index >= 15 is 0 Å². The molecule has 0 aliphatic heterocycles. The van der Waals surface area contributed by atoms with E-state index in [0.29, 0.717) is 34.4 Å². The van der Waals surface area contributed by atoms with Gasteiger partial charge in [-0.1, -0.05) is 29.3 Å². The van der Waals surface area contributed by atoms with Gasteiger partial charge in [0.1, 0.15) is 11.6 Å². The van der Waals surface area contributed by atoms with E-state index in [1.807, 2.05) is 45.0 Å². The van der Waals surface area contributed by atoms with Gasteiger partial charge in [0.25, 0.3) is 5.91 Å². The highest BCUT2D eigenvalue weighted by Gasteiger charge is 2.14. The molecule has 1 N–H and O–H groups in total. The smallest absolute Gasteiger partial charge is 0.266 e. The van der Waals surface area contributed by atoms with Gasteiger partial charge >= 0.3 is 0 Å². The zero-order valence-corrected chi connectivity index (χ0v) is 16.5. The molecular formula is C21H21ClN2O3. The maximum atomic E-state index is 12.5. The molecule has 2 aromatic carbocycles. The van der Waals surface area contributed by atoms with Crippen LogP contribution in [0.4, 0.5) is 5.69 Å². The fourth-order valence-corrected chi connectivity index (χ4v) is 2.75. The number of amides is 1. The Hall–Kier alpha value is -2.97. The third-order valence-electron chi connectivity index (χ3n) is 3.88. The molecule has 0 radical (unpaired) electrons. The maximum Gasteiger partial charge on any atom is 0.266 e. The van der Waals surface area contributed by atoms with Crippen LogP contribution < -0.4 is 14.8 Å². The lowest BCUT2D eigenvalue weighted by molar-refractivity contribution is -0.112. The number of carbonyl (C=O) groups excluding carboxylic acids is 1. The van der Waals surface area contributed by atoms with Crippen molar-refractivity contribution in [3.05, 3.63) is 57.6 Å². The molecule has 0 aliphatic rings. The molecule has 5 nitrogen and oxygen atoms in total. The summed E-state index contributed by atoms with van der Waals surface area (Å²) in [7, 11) is 1.52. The number of rotatable bonds is 6. The van der Waals surface area contributed by atoms with Crippen LogP contribution in [0.25, 0.3) is 6.08 Å². The number of nitriles is 1.